The van der Waals surface area contributed by atoms with Gasteiger partial charge < -0.3 is 15.8 Å². The van der Waals surface area contributed by atoms with Crippen molar-refractivity contribution in [1.29, 1.82) is 0 Å². The molecular formula is C21H19F3N6O2. The number of halogens is 3. The van der Waals surface area contributed by atoms with E-state index in [0.29, 0.717) is 0 Å². The summed E-state index contributed by atoms with van der Waals surface area (Å²) in [7, 11) is 1.27. The highest BCUT2D eigenvalue weighted by Crippen LogP contribution is 2.45. The molecule has 0 radical (unpaired) electrons. The summed E-state index contributed by atoms with van der Waals surface area (Å²) in [6.45, 7) is 0.136. The van der Waals surface area contributed by atoms with Crippen LogP contribution in [0.2, 0.25) is 0 Å². The number of carbonyl (C=O) groups excluding carboxylic acids is 1. The summed E-state index contributed by atoms with van der Waals surface area (Å²) in [6.07, 6.45) is 1.88. The molecule has 0 bridgehead atoms. The zero-order valence-electron chi connectivity index (χ0n) is 17.0. The molecule has 1 fully saturated rings. The number of hydrogen-bond acceptors (Lipinski definition) is 7. The first-order chi connectivity index (χ1) is 15.3. The van der Waals surface area contributed by atoms with Gasteiger partial charge >= 0.3 is 0 Å². The predicted molar refractivity (Wildman–Crippen MR) is 109 cm³/mol. The third-order valence-electron chi connectivity index (χ3n) is 5.46. The van der Waals surface area contributed by atoms with E-state index < -0.39 is 29.1 Å². The lowest BCUT2D eigenvalue weighted by atomic mass is 9.65. The van der Waals surface area contributed by atoms with Gasteiger partial charge in [0.1, 0.15) is 29.2 Å². The molecule has 1 amide bonds. The first-order valence-corrected chi connectivity index (χ1v) is 9.70. The number of carbonyl (C=O) groups is 1. The number of pyridine rings is 1. The number of anilines is 1. The SMILES string of the molecule is COc1c(C(N)=O)ccc(F)c1-c1cnc(NC[C@]2(c3ncccc3F)C[C@H](F)C2)nn1. The topological polar surface area (TPSA) is 116 Å². The number of methoxy groups -OCH3 is 1. The van der Waals surface area contributed by atoms with Gasteiger partial charge in [0.05, 0.1) is 30.1 Å². The van der Waals surface area contributed by atoms with Crippen LogP contribution in [0.3, 0.4) is 0 Å². The Balaban J connectivity index is 1.57. The van der Waals surface area contributed by atoms with Gasteiger partial charge in [-0.3, -0.25) is 9.78 Å². The molecule has 0 unspecified atom stereocenters. The van der Waals surface area contributed by atoms with E-state index in [-0.39, 0.29) is 53.6 Å². The van der Waals surface area contributed by atoms with Gasteiger partial charge in [0.25, 0.3) is 5.91 Å². The van der Waals surface area contributed by atoms with Gasteiger partial charge in [-0.05, 0) is 37.1 Å². The number of amides is 1. The summed E-state index contributed by atoms with van der Waals surface area (Å²) in [6, 6.07) is 5.03. The minimum absolute atomic E-state index is 0.0157. The maximum absolute atomic E-state index is 14.5. The number of primary amides is 1. The van der Waals surface area contributed by atoms with E-state index in [0.717, 1.165) is 6.07 Å². The highest BCUT2D eigenvalue weighted by molar-refractivity contribution is 5.98. The number of alkyl halides is 1. The standard InChI is InChI=1S/C21H19F3N6O2/c1-32-17-12(19(25)31)4-5-13(23)16(17)15-9-27-20(30-29-15)28-10-21(7-11(22)8-21)18-14(24)3-2-6-26-18/h2-6,9,11H,7-8,10H2,1H3,(H2,25,31)(H,27,28,30)/t11-,21-. The molecule has 0 atom stereocenters. The second kappa shape index (κ2) is 8.40. The first kappa shape index (κ1) is 21.5. The lowest BCUT2D eigenvalue weighted by Crippen LogP contribution is -2.49. The fourth-order valence-corrected chi connectivity index (χ4v) is 3.91. The highest BCUT2D eigenvalue weighted by Gasteiger charge is 2.48. The second-order valence-electron chi connectivity index (χ2n) is 7.51. The lowest BCUT2D eigenvalue weighted by Gasteiger charge is -2.43. The molecule has 3 aromatic rings. The van der Waals surface area contributed by atoms with Crippen LogP contribution >= 0.6 is 0 Å². The van der Waals surface area contributed by atoms with Gasteiger partial charge in [0.2, 0.25) is 5.95 Å². The third-order valence-corrected chi connectivity index (χ3v) is 5.46. The van der Waals surface area contributed by atoms with Crippen molar-refractivity contribution >= 4 is 11.9 Å². The Morgan fingerprint density at radius 2 is 2.00 bits per heavy atom. The number of rotatable bonds is 7. The Bertz CT molecular complexity index is 1150. The summed E-state index contributed by atoms with van der Waals surface area (Å²) in [5.74, 6) is -2.00. The molecule has 4 rings (SSSR count). The highest BCUT2D eigenvalue weighted by atomic mass is 19.1. The maximum atomic E-state index is 14.5. The van der Waals surface area contributed by atoms with E-state index >= 15 is 0 Å². The van der Waals surface area contributed by atoms with Crippen LogP contribution in [0.4, 0.5) is 19.1 Å². The number of nitrogens with one attached hydrogen (secondary N) is 1. The van der Waals surface area contributed by atoms with Gasteiger partial charge in [-0.2, -0.15) is 0 Å². The van der Waals surface area contributed by atoms with Gasteiger partial charge in [0, 0.05) is 18.2 Å². The zero-order chi connectivity index (χ0) is 22.9. The lowest BCUT2D eigenvalue weighted by molar-refractivity contribution is 0.0963. The van der Waals surface area contributed by atoms with E-state index in [4.69, 9.17) is 10.5 Å². The number of nitrogens with zero attached hydrogens (tertiary/aromatic N) is 4. The molecular weight excluding hydrogens is 425 g/mol. The van der Waals surface area contributed by atoms with E-state index in [1.54, 1.807) is 0 Å². The third kappa shape index (κ3) is 3.81. The maximum Gasteiger partial charge on any atom is 0.252 e. The second-order valence-corrected chi connectivity index (χ2v) is 7.51. The molecule has 1 aliphatic carbocycles. The molecule has 1 aliphatic rings. The number of nitrogens with two attached hydrogens (primary N) is 1. The Hall–Kier alpha value is -3.76. The number of aromatic nitrogens is 4. The fourth-order valence-electron chi connectivity index (χ4n) is 3.91. The van der Waals surface area contributed by atoms with Crippen molar-refractivity contribution in [3.8, 4) is 17.0 Å². The van der Waals surface area contributed by atoms with Crippen LogP contribution in [0.1, 0.15) is 28.9 Å². The van der Waals surface area contributed by atoms with Crippen LogP contribution in [0.25, 0.3) is 11.3 Å². The zero-order valence-corrected chi connectivity index (χ0v) is 17.0. The number of ether oxygens (including phenoxy) is 1. The first-order valence-electron chi connectivity index (χ1n) is 9.70. The van der Waals surface area contributed by atoms with E-state index in [9.17, 15) is 18.0 Å². The molecule has 0 spiro atoms. The molecule has 1 saturated carbocycles. The predicted octanol–water partition coefficient (Wildman–Crippen LogP) is 2.80. The quantitative estimate of drug-likeness (QED) is 0.576. The van der Waals surface area contributed by atoms with Crippen molar-refractivity contribution in [2.75, 3.05) is 19.0 Å². The summed E-state index contributed by atoms with van der Waals surface area (Å²) < 4.78 is 47.6. The molecule has 0 saturated heterocycles. The van der Waals surface area contributed by atoms with E-state index in [2.05, 4.69) is 25.5 Å². The van der Waals surface area contributed by atoms with Gasteiger partial charge in [0.15, 0.2) is 0 Å². The average molecular weight is 444 g/mol. The molecule has 1 aromatic carbocycles. The number of benzene rings is 1. The largest absolute Gasteiger partial charge is 0.495 e. The van der Waals surface area contributed by atoms with Crippen LogP contribution in [0.15, 0.2) is 36.7 Å². The van der Waals surface area contributed by atoms with Crippen molar-refractivity contribution in [2.45, 2.75) is 24.4 Å². The van der Waals surface area contributed by atoms with Crippen molar-refractivity contribution in [3.63, 3.8) is 0 Å². The number of hydrogen-bond donors (Lipinski definition) is 2. The Kier molecular flexibility index (Phi) is 5.64. The van der Waals surface area contributed by atoms with Gasteiger partial charge in [-0.15, -0.1) is 10.2 Å². The minimum Gasteiger partial charge on any atom is -0.495 e. The minimum atomic E-state index is -1.05. The Labute approximate surface area is 181 Å². The van der Waals surface area contributed by atoms with Crippen LogP contribution in [-0.4, -0.2) is 45.9 Å². The van der Waals surface area contributed by atoms with Crippen LogP contribution < -0.4 is 15.8 Å². The molecule has 3 N–H and O–H groups in total. The molecule has 8 nitrogen and oxygen atoms in total. The monoisotopic (exact) mass is 444 g/mol. The molecule has 32 heavy (non-hydrogen) atoms. The van der Waals surface area contributed by atoms with Crippen molar-refractivity contribution in [1.82, 2.24) is 20.2 Å². The summed E-state index contributed by atoms with van der Waals surface area (Å²) in [5, 5.41) is 10.8. The van der Waals surface area contributed by atoms with Gasteiger partial charge in [-0.25, -0.2) is 18.2 Å². The van der Waals surface area contributed by atoms with Crippen molar-refractivity contribution in [3.05, 3.63) is 59.6 Å². The molecule has 2 aromatic heterocycles. The Morgan fingerprint density at radius 1 is 1.22 bits per heavy atom. The van der Waals surface area contributed by atoms with Crippen molar-refractivity contribution in [2.24, 2.45) is 5.73 Å². The van der Waals surface area contributed by atoms with E-state index in [1.807, 2.05) is 0 Å². The van der Waals surface area contributed by atoms with Gasteiger partial charge in [-0.1, -0.05) is 0 Å². The molecule has 166 valence electrons. The molecule has 11 heteroatoms. The normalized spacial score (nSPS) is 19.8. The molecule has 0 aliphatic heterocycles. The smallest absolute Gasteiger partial charge is 0.252 e. The Morgan fingerprint density at radius 3 is 2.59 bits per heavy atom. The van der Waals surface area contributed by atoms with Crippen LogP contribution in [-0.2, 0) is 5.41 Å². The van der Waals surface area contributed by atoms with Crippen molar-refractivity contribution < 1.29 is 22.7 Å². The summed E-state index contributed by atoms with van der Waals surface area (Å²) >= 11 is 0. The molecule has 2 heterocycles. The summed E-state index contributed by atoms with van der Waals surface area (Å²) in [5.41, 5.74) is 4.56. The van der Waals surface area contributed by atoms with Crippen LogP contribution in [0.5, 0.6) is 5.75 Å². The summed E-state index contributed by atoms with van der Waals surface area (Å²) in [4.78, 5) is 19.8. The van der Waals surface area contributed by atoms with E-state index in [1.165, 1.54) is 37.7 Å². The fraction of sp³-hybridized carbons (Fsp3) is 0.286. The van der Waals surface area contributed by atoms with Crippen LogP contribution in [0, 0.1) is 11.6 Å². The average Bonchev–Trinajstić information content (AvgIpc) is 2.76.